The Kier molecular flexibility index (Phi) is 4.97. The summed E-state index contributed by atoms with van der Waals surface area (Å²) in [5.74, 6) is -0.327. The van der Waals surface area contributed by atoms with Crippen LogP contribution in [0.1, 0.15) is 44.1 Å². The van der Waals surface area contributed by atoms with Gasteiger partial charge >= 0.3 is 5.97 Å². The molecular weight excluding hydrogens is 238 g/mol. The molecule has 2 N–H and O–H groups in total. The summed E-state index contributed by atoms with van der Waals surface area (Å²) in [4.78, 5) is 11.4. The van der Waals surface area contributed by atoms with Crippen molar-refractivity contribution in [2.24, 2.45) is 5.92 Å². The minimum Gasteiger partial charge on any atom is -0.481 e. The first-order chi connectivity index (χ1) is 9.20. The van der Waals surface area contributed by atoms with E-state index in [0.717, 1.165) is 17.9 Å². The molecule has 0 amide bonds. The molecule has 0 aliphatic heterocycles. The van der Waals surface area contributed by atoms with Gasteiger partial charge in [-0.25, -0.2) is 0 Å². The molecule has 0 saturated heterocycles. The minimum atomic E-state index is -0.750. The van der Waals surface area contributed by atoms with Crippen molar-refractivity contribution in [2.75, 3.05) is 6.54 Å². The van der Waals surface area contributed by atoms with Crippen molar-refractivity contribution in [3.63, 3.8) is 0 Å². The molecule has 2 unspecified atom stereocenters. The lowest BCUT2D eigenvalue weighted by Gasteiger charge is -2.20. The van der Waals surface area contributed by atoms with Crippen LogP contribution in [0.25, 0.3) is 0 Å². The lowest BCUT2D eigenvalue weighted by atomic mass is 9.98. The molecule has 3 heteroatoms. The summed E-state index contributed by atoms with van der Waals surface area (Å²) in [6.45, 7) is 2.68. The van der Waals surface area contributed by atoms with Crippen LogP contribution in [-0.4, -0.2) is 23.7 Å². The Morgan fingerprint density at radius 2 is 2.05 bits per heavy atom. The molecule has 1 fully saturated rings. The van der Waals surface area contributed by atoms with Crippen LogP contribution in [0.3, 0.4) is 0 Å². The van der Waals surface area contributed by atoms with Crippen LogP contribution in [0.15, 0.2) is 30.3 Å². The molecule has 1 aromatic rings. The van der Waals surface area contributed by atoms with Crippen LogP contribution in [0.4, 0.5) is 0 Å². The second-order valence-corrected chi connectivity index (χ2v) is 5.49. The third-order valence-electron chi connectivity index (χ3n) is 3.92. The van der Waals surface area contributed by atoms with Crippen LogP contribution in [0.2, 0.25) is 0 Å². The van der Waals surface area contributed by atoms with E-state index in [-0.39, 0.29) is 0 Å². The van der Waals surface area contributed by atoms with E-state index >= 15 is 0 Å². The zero-order chi connectivity index (χ0) is 13.7. The number of benzene rings is 1. The number of carbonyl (C=O) groups is 1. The third-order valence-corrected chi connectivity index (χ3v) is 3.92. The molecule has 3 nitrogen and oxygen atoms in total. The summed E-state index contributed by atoms with van der Waals surface area (Å²) < 4.78 is 0. The number of nitrogens with one attached hydrogen (secondary N) is 1. The Bertz CT molecular complexity index is 400. The first-order valence-corrected chi connectivity index (χ1v) is 7.21. The molecule has 0 spiro atoms. The smallest absolute Gasteiger partial charge is 0.312 e. The SMILES string of the molecule is CCC(CC1CC1)NCC(C(=O)O)c1ccccc1. The molecular formula is C16H23NO2. The van der Waals surface area contributed by atoms with Crippen LogP contribution < -0.4 is 5.32 Å². The normalized spacial score (nSPS) is 17.9. The fourth-order valence-electron chi connectivity index (χ4n) is 2.47. The molecule has 2 atom stereocenters. The Morgan fingerprint density at radius 1 is 1.37 bits per heavy atom. The summed E-state index contributed by atoms with van der Waals surface area (Å²) in [5, 5.41) is 12.8. The van der Waals surface area contributed by atoms with E-state index in [2.05, 4.69) is 12.2 Å². The van der Waals surface area contributed by atoms with Crippen LogP contribution in [0, 0.1) is 5.92 Å². The summed E-state index contributed by atoms with van der Waals surface area (Å²) >= 11 is 0. The predicted molar refractivity (Wildman–Crippen MR) is 76.2 cm³/mol. The number of hydrogen-bond donors (Lipinski definition) is 2. The van der Waals surface area contributed by atoms with E-state index in [1.165, 1.54) is 19.3 Å². The van der Waals surface area contributed by atoms with Crippen molar-refractivity contribution in [3.05, 3.63) is 35.9 Å². The van der Waals surface area contributed by atoms with Gasteiger partial charge < -0.3 is 10.4 Å². The van der Waals surface area contributed by atoms with E-state index in [1.54, 1.807) is 0 Å². The maximum atomic E-state index is 11.4. The lowest BCUT2D eigenvalue weighted by molar-refractivity contribution is -0.138. The van der Waals surface area contributed by atoms with E-state index in [4.69, 9.17) is 0 Å². The number of hydrogen-bond acceptors (Lipinski definition) is 2. The topological polar surface area (TPSA) is 49.3 Å². The zero-order valence-electron chi connectivity index (χ0n) is 11.5. The molecule has 0 bridgehead atoms. The average molecular weight is 261 g/mol. The molecule has 104 valence electrons. The number of rotatable bonds is 8. The van der Waals surface area contributed by atoms with Crippen LogP contribution in [-0.2, 0) is 4.79 Å². The fourth-order valence-corrected chi connectivity index (χ4v) is 2.47. The highest BCUT2D eigenvalue weighted by Crippen LogP contribution is 2.34. The van der Waals surface area contributed by atoms with Gasteiger partial charge in [0.1, 0.15) is 0 Å². The minimum absolute atomic E-state index is 0.450. The quantitative estimate of drug-likeness (QED) is 0.756. The highest BCUT2D eigenvalue weighted by Gasteiger charge is 2.26. The highest BCUT2D eigenvalue weighted by atomic mass is 16.4. The van der Waals surface area contributed by atoms with Crippen molar-refractivity contribution in [1.82, 2.24) is 5.32 Å². The molecule has 0 heterocycles. The predicted octanol–water partition coefficient (Wildman–Crippen LogP) is 3.02. The Morgan fingerprint density at radius 3 is 2.58 bits per heavy atom. The van der Waals surface area contributed by atoms with Gasteiger partial charge in [-0.15, -0.1) is 0 Å². The Balaban J connectivity index is 1.91. The van der Waals surface area contributed by atoms with Crippen molar-refractivity contribution >= 4 is 5.97 Å². The van der Waals surface area contributed by atoms with Crippen LogP contribution >= 0.6 is 0 Å². The molecule has 1 aromatic carbocycles. The molecule has 2 rings (SSSR count). The fraction of sp³-hybridized carbons (Fsp3) is 0.562. The molecule has 1 saturated carbocycles. The molecule has 1 aliphatic rings. The van der Waals surface area contributed by atoms with Gasteiger partial charge in [0.15, 0.2) is 0 Å². The van der Waals surface area contributed by atoms with Crippen molar-refractivity contribution in [2.45, 2.75) is 44.6 Å². The lowest BCUT2D eigenvalue weighted by Crippen LogP contribution is -2.35. The average Bonchev–Trinajstić information content (AvgIpc) is 3.22. The summed E-state index contributed by atoms with van der Waals surface area (Å²) in [6.07, 6.45) is 4.95. The largest absolute Gasteiger partial charge is 0.481 e. The van der Waals surface area contributed by atoms with Gasteiger partial charge in [0.2, 0.25) is 0 Å². The van der Waals surface area contributed by atoms with Gasteiger partial charge in [-0.05, 0) is 24.3 Å². The summed E-state index contributed by atoms with van der Waals surface area (Å²) in [5.41, 5.74) is 0.878. The van der Waals surface area contributed by atoms with E-state index in [1.807, 2.05) is 30.3 Å². The van der Waals surface area contributed by atoms with Gasteiger partial charge in [0, 0.05) is 12.6 Å². The van der Waals surface area contributed by atoms with E-state index in [9.17, 15) is 9.90 Å². The highest BCUT2D eigenvalue weighted by molar-refractivity contribution is 5.76. The van der Waals surface area contributed by atoms with Crippen molar-refractivity contribution < 1.29 is 9.90 Å². The monoisotopic (exact) mass is 261 g/mol. The van der Waals surface area contributed by atoms with Gasteiger partial charge in [0.25, 0.3) is 0 Å². The first kappa shape index (κ1) is 14.1. The number of aliphatic carboxylic acids is 1. The molecule has 19 heavy (non-hydrogen) atoms. The zero-order valence-corrected chi connectivity index (χ0v) is 11.5. The Hall–Kier alpha value is -1.35. The number of carboxylic acids is 1. The van der Waals surface area contributed by atoms with Gasteiger partial charge in [0.05, 0.1) is 5.92 Å². The van der Waals surface area contributed by atoms with Gasteiger partial charge in [-0.2, -0.15) is 0 Å². The molecule has 1 aliphatic carbocycles. The van der Waals surface area contributed by atoms with E-state index < -0.39 is 11.9 Å². The number of carboxylic acid groups (broad SMARTS) is 1. The van der Waals surface area contributed by atoms with Gasteiger partial charge in [-0.1, -0.05) is 50.1 Å². The summed E-state index contributed by atoms with van der Waals surface area (Å²) in [7, 11) is 0. The van der Waals surface area contributed by atoms with Crippen molar-refractivity contribution in [1.29, 1.82) is 0 Å². The maximum absolute atomic E-state index is 11.4. The van der Waals surface area contributed by atoms with Crippen LogP contribution in [0.5, 0.6) is 0 Å². The molecule has 0 radical (unpaired) electrons. The summed E-state index contributed by atoms with van der Waals surface area (Å²) in [6, 6.07) is 9.94. The standard InChI is InChI=1S/C16H23NO2/c1-2-14(10-12-8-9-12)17-11-15(16(18)19)13-6-4-3-5-7-13/h3-7,12,14-15,17H,2,8-11H2,1H3,(H,18,19). The van der Waals surface area contributed by atoms with E-state index in [0.29, 0.717) is 12.6 Å². The van der Waals surface area contributed by atoms with Crippen molar-refractivity contribution in [3.8, 4) is 0 Å². The molecule has 0 aromatic heterocycles. The Labute approximate surface area is 115 Å². The second-order valence-electron chi connectivity index (χ2n) is 5.49. The van der Waals surface area contributed by atoms with Gasteiger partial charge in [-0.3, -0.25) is 4.79 Å². The maximum Gasteiger partial charge on any atom is 0.312 e. The third kappa shape index (κ3) is 4.35. The second kappa shape index (κ2) is 6.71. The first-order valence-electron chi connectivity index (χ1n) is 7.21.